The van der Waals surface area contributed by atoms with E-state index in [4.69, 9.17) is 29.3 Å². The van der Waals surface area contributed by atoms with Crippen LogP contribution < -0.4 is 19.7 Å². The van der Waals surface area contributed by atoms with Crippen LogP contribution in [0.25, 0.3) is 21.7 Å². The number of hydrogen-bond donors (Lipinski definition) is 1. The largest absolute Gasteiger partial charge is 0.469 e. The number of aromatic nitrogens is 4. The molecule has 0 saturated carbocycles. The van der Waals surface area contributed by atoms with Crippen LogP contribution in [-0.4, -0.2) is 83.2 Å². The first-order valence-electron chi connectivity index (χ1n) is 16.9. The molecule has 2 aromatic carbocycles. The number of nitriles is 1. The molecule has 0 radical (unpaired) electrons. The lowest BCUT2D eigenvalue weighted by molar-refractivity contribution is -0.0366. The molecule has 11 heteroatoms. The van der Waals surface area contributed by atoms with E-state index in [1.807, 2.05) is 6.20 Å². The highest BCUT2D eigenvalue weighted by Gasteiger charge is 2.32. The van der Waals surface area contributed by atoms with Crippen LogP contribution in [-0.2, 0) is 11.2 Å². The van der Waals surface area contributed by atoms with E-state index >= 15 is 0 Å². The molecule has 4 aliphatic rings. The van der Waals surface area contributed by atoms with Crippen molar-refractivity contribution >= 4 is 27.5 Å². The number of benzene rings is 2. The molecule has 0 aliphatic carbocycles. The van der Waals surface area contributed by atoms with Crippen molar-refractivity contribution < 1.29 is 14.2 Å². The van der Waals surface area contributed by atoms with Gasteiger partial charge in [0.1, 0.15) is 18.5 Å². The Bertz CT molecular complexity index is 1760. The summed E-state index contributed by atoms with van der Waals surface area (Å²) in [5.41, 5.74) is 3.25. The zero-order chi connectivity index (χ0) is 31.0. The van der Waals surface area contributed by atoms with Gasteiger partial charge in [0.15, 0.2) is 6.23 Å². The molecule has 1 N–H and O–H groups in total. The van der Waals surface area contributed by atoms with Crippen LogP contribution in [0.3, 0.4) is 0 Å². The molecular weight excluding hydrogens is 580 g/mol. The summed E-state index contributed by atoms with van der Waals surface area (Å²) >= 11 is 0. The smallest absolute Gasteiger partial charge is 0.321 e. The zero-order valence-corrected chi connectivity index (χ0v) is 26.5. The molecule has 2 aromatic heterocycles. The van der Waals surface area contributed by atoms with Crippen molar-refractivity contribution in [3.05, 3.63) is 47.7 Å². The Morgan fingerprint density at radius 3 is 2.89 bits per heavy atom. The average Bonchev–Trinajstić information content (AvgIpc) is 3.73. The minimum Gasteiger partial charge on any atom is -0.469 e. The Morgan fingerprint density at radius 1 is 1.09 bits per heavy atom. The van der Waals surface area contributed by atoms with Crippen LogP contribution in [0, 0.1) is 11.3 Å². The van der Waals surface area contributed by atoms with Crippen LogP contribution >= 0.6 is 0 Å². The molecule has 4 aliphatic heterocycles. The third-order valence-corrected chi connectivity index (χ3v) is 10.2. The van der Waals surface area contributed by atoms with Gasteiger partial charge in [0.05, 0.1) is 29.8 Å². The van der Waals surface area contributed by atoms with Crippen molar-refractivity contribution in [1.29, 1.82) is 5.26 Å². The van der Waals surface area contributed by atoms with E-state index in [1.165, 1.54) is 17.2 Å². The number of likely N-dealkylation sites (tertiary alicyclic amines) is 1. The number of likely N-dealkylation sites (N-methyl/N-ethyl adjacent to an activating group) is 1. The van der Waals surface area contributed by atoms with Crippen molar-refractivity contribution in [2.45, 2.75) is 75.8 Å². The topological polar surface area (TPSA) is 114 Å². The van der Waals surface area contributed by atoms with Gasteiger partial charge in [-0.05, 0) is 75.4 Å². The summed E-state index contributed by atoms with van der Waals surface area (Å²) in [7, 11) is 2.15. The molecule has 8 rings (SSSR count). The van der Waals surface area contributed by atoms with Crippen molar-refractivity contribution in [3.8, 4) is 18.0 Å². The monoisotopic (exact) mass is 622 g/mol. The normalized spacial score (nSPS) is 25.3. The molecule has 0 spiro atoms. The Kier molecular flexibility index (Phi) is 8.10. The number of piperazine rings is 1. The van der Waals surface area contributed by atoms with Crippen LogP contribution in [0.4, 0.5) is 5.82 Å². The summed E-state index contributed by atoms with van der Waals surface area (Å²) in [6.45, 7) is 4.72. The second kappa shape index (κ2) is 12.7. The van der Waals surface area contributed by atoms with Gasteiger partial charge >= 0.3 is 6.01 Å². The predicted molar refractivity (Wildman–Crippen MR) is 175 cm³/mol. The van der Waals surface area contributed by atoms with Gasteiger partial charge in [0.25, 0.3) is 0 Å². The highest BCUT2D eigenvalue weighted by Crippen LogP contribution is 2.42. The summed E-state index contributed by atoms with van der Waals surface area (Å²) in [5.74, 6) is 1.47. The second-order valence-electron chi connectivity index (χ2n) is 13.2. The SMILES string of the molecule is CN1CCCC1COc1nc2c(c(N3CCN[C@@H](CC#N)C3)n1)CCC(c1cccc3ccc4c(cnn4C4CCCCO4)c13)O2. The fourth-order valence-corrected chi connectivity index (χ4v) is 7.74. The van der Waals surface area contributed by atoms with Crippen LogP contribution in [0.2, 0.25) is 0 Å². The van der Waals surface area contributed by atoms with Gasteiger partial charge in [0, 0.05) is 49.3 Å². The Labute approximate surface area is 269 Å². The molecule has 11 nitrogen and oxygen atoms in total. The first-order chi connectivity index (χ1) is 22.7. The molecule has 0 amide bonds. The molecule has 3 saturated heterocycles. The van der Waals surface area contributed by atoms with E-state index in [1.54, 1.807) is 0 Å². The molecular formula is C35H42N8O3. The van der Waals surface area contributed by atoms with E-state index < -0.39 is 0 Å². The fourth-order valence-electron chi connectivity index (χ4n) is 7.74. The quantitative estimate of drug-likeness (QED) is 0.305. The Hall–Kier alpha value is -3.98. The minimum absolute atomic E-state index is 0.0241. The van der Waals surface area contributed by atoms with E-state index in [9.17, 15) is 5.26 Å². The fraction of sp³-hybridized carbons (Fsp3) is 0.543. The van der Waals surface area contributed by atoms with Crippen LogP contribution in [0.1, 0.15) is 68.4 Å². The first-order valence-corrected chi connectivity index (χ1v) is 16.9. The zero-order valence-electron chi connectivity index (χ0n) is 26.5. The summed E-state index contributed by atoms with van der Waals surface area (Å²) in [6.07, 6.45) is 9.36. The van der Waals surface area contributed by atoms with Gasteiger partial charge in [-0.1, -0.05) is 24.3 Å². The maximum Gasteiger partial charge on any atom is 0.321 e. The Balaban J connectivity index is 1.14. The second-order valence-corrected chi connectivity index (χ2v) is 13.2. The molecule has 0 bridgehead atoms. The van der Waals surface area contributed by atoms with E-state index in [-0.39, 0.29) is 18.4 Å². The third-order valence-electron chi connectivity index (χ3n) is 10.2. The summed E-state index contributed by atoms with van der Waals surface area (Å²) in [6, 6.07) is 14.0. The van der Waals surface area contributed by atoms with Gasteiger partial charge in [-0.15, -0.1) is 0 Å². The average molecular weight is 623 g/mol. The van der Waals surface area contributed by atoms with Crippen LogP contribution in [0.15, 0.2) is 36.5 Å². The number of hydrogen-bond acceptors (Lipinski definition) is 10. The minimum atomic E-state index is -0.179. The predicted octanol–water partition coefficient (Wildman–Crippen LogP) is 4.91. The maximum atomic E-state index is 9.36. The number of anilines is 1. The molecule has 46 heavy (non-hydrogen) atoms. The van der Waals surface area contributed by atoms with Gasteiger partial charge in [-0.25, -0.2) is 4.68 Å². The summed E-state index contributed by atoms with van der Waals surface area (Å²) in [4.78, 5) is 14.5. The first kappa shape index (κ1) is 29.4. The van der Waals surface area contributed by atoms with Gasteiger partial charge in [-0.3, -0.25) is 0 Å². The van der Waals surface area contributed by atoms with Crippen molar-refractivity contribution in [2.75, 3.05) is 51.3 Å². The highest BCUT2D eigenvalue weighted by atomic mass is 16.5. The molecule has 4 aromatic rings. The Morgan fingerprint density at radius 2 is 2.04 bits per heavy atom. The van der Waals surface area contributed by atoms with Gasteiger partial charge < -0.3 is 29.3 Å². The number of nitrogens with one attached hydrogen (secondary N) is 1. The lowest BCUT2D eigenvalue weighted by Crippen LogP contribution is -2.51. The van der Waals surface area contributed by atoms with E-state index in [2.05, 4.69) is 63.2 Å². The number of fused-ring (bicyclic) bond motifs is 4. The van der Waals surface area contributed by atoms with Gasteiger partial charge in [0.2, 0.25) is 5.88 Å². The highest BCUT2D eigenvalue weighted by molar-refractivity contribution is 6.08. The molecule has 240 valence electrons. The molecule has 3 unspecified atom stereocenters. The standard InChI is InChI=1S/C35H42N8O3/c1-41-17-5-7-25(41)22-45-35-39-33(42-18-16-37-24(21-42)14-15-36)27-11-13-30(46-34(27)40-35)26-8-4-6-23-10-12-29-28(32(23)26)20-38-43(29)31-9-2-3-19-44-31/h4,6,8,10,12,20,24-25,30-31,37H,2-3,5,7,9,11,13-14,16-19,21-22H2,1H3/t24-,25?,30?,31?/m0/s1. The van der Waals surface area contributed by atoms with Crippen LogP contribution in [0.5, 0.6) is 11.9 Å². The third kappa shape index (κ3) is 5.52. The number of ether oxygens (including phenoxy) is 3. The molecule has 6 heterocycles. The summed E-state index contributed by atoms with van der Waals surface area (Å²) in [5, 5.41) is 21.1. The van der Waals surface area contributed by atoms with Crippen molar-refractivity contribution in [3.63, 3.8) is 0 Å². The number of nitrogens with zero attached hydrogens (tertiary/aromatic N) is 7. The summed E-state index contributed by atoms with van der Waals surface area (Å²) < 4.78 is 21.3. The van der Waals surface area contributed by atoms with E-state index in [0.717, 1.165) is 92.6 Å². The van der Waals surface area contributed by atoms with Gasteiger partial charge in [-0.2, -0.15) is 20.3 Å². The van der Waals surface area contributed by atoms with Crippen molar-refractivity contribution in [2.24, 2.45) is 0 Å². The molecule has 4 atom stereocenters. The molecule has 3 fully saturated rings. The van der Waals surface area contributed by atoms with Crippen molar-refractivity contribution in [1.82, 2.24) is 30.0 Å². The number of rotatable bonds is 7. The maximum absolute atomic E-state index is 9.36. The lowest BCUT2D eigenvalue weighted by atomic mass is 9.93. The van der Waals surface area contributed by atoms with E-state index in [0.29, 0.717) is 37.5 Å². The lowest BCUT2D eigenvalue weighted by Gasteiger charge is -2.36.